The van der Waals surface area contributed by atoms with Crippen LogP contribution < -0.4 is 0 Å². The summed E-state index contributed by atoms with van der Waals surface area (Å²) in [4.78, 5) is 0. The number of rotatable bonds is 3. The zero-order chi connectivity index (χ0) is 10.7. The zero-order valence-electron chi connectivity index (χ0n) is 8.66. The van der Waals surface area contributed by atoms with Crippen molar-refractivity contribution in [2.45, 2.75) is 13.3 Å². The quantitative estimate of drug-likeness (QED) is 0.687. The van der Waals surface area contributed by atoms with Gasteiger partial charge in [-0.2, -0.15) is 0 Å². The Balaban J connectivity index is 2.46. The lowest BCUT2D eigenvalue weighted by Crippen LogP contribution is -1.80. The first-order chi connectivity index (χ1) is 7.33. The Kier molecular flexibility index (Phi) is 3.60. The van der Waals surface area contributed by atoms with Crippen LogP contribution in [0.5, 0.6) is 0 Å². The minimum absolute atomic E-state index is 1.03. The molecule has 1 aromatic carbocycles. The second kappa shape index (κ2) is 4.95. The third kappa shape index (κ3) is 2.32. The Morgan fingerprint density at radius 2 is 2.27 bits per heavy atom. The van der Waals surface area contributed by atoms with Gasteiger partial charge in [0.15, 0.2) is 0 Å². The summed E-state index contributed by atoms with van der Waals surface area (Å²) in [6.07, 6.45) is 3.39. The van der Waals surface area contributed by atoms with Gasteiger partial charge in [0.05, 0.1) is 0 Å². The van der Waals surface area contributed by atoms with E-state index in [-0.39, 0.29) is 0 Å². The molecule has 0 saturated carbocycles. The first-order valence-corrected chi connectivity index (χ1v) is 7.02. The number of hydrogen-bond donors (Lipinski definition) is 0. The predicted molar refractivity (Wildman–Crippen MR) is 73.9 cm³/mol. The van der Waals surface area contributed by atoms with Gasteiger partial charge >= 0.3 is 0 Å². The first kappa shape index (κ1) is 10.9. The molecule has 0 unspecified atom stereocenters. The van der Waals surface area contributed by atoms with Crippen LogP contribution in [0.2, 0.25) is 0 Å². The molecule has 15 heavy (non-hydrogen) atoms. The Bertz CT molecular complexity index is 482. The molecule has 0 bridgehead atoms. The number of halogens is 1. The molecule has 0 N–H and O–H groups in total. The SMILES string of the molecule is C/C(=C/CCBr)c1cccc2ccsc12. The molecule has 0 fully saturated rings. The number of fused-ring (bicyclic) bond motifs is 1. The molecule has 1 aromatic heterocycles. The average molecular weight is 281 g/mol. The number of thiophene rings is 1. The lowest BCUT2D eigenvalue weighted by atomic mass is 10.1. The van der Waals surface area contributed by atoms with E-state index >= 15 is 0 Å². The van der Waals surface area contributed by atoms with Crippen LogP contribution in [0.15, 0.2) is 35.7 Å². The number of hydrogen-bond acceptors (Lipinski definition) is 1. The lowest BCUT2D eigenvalue weighted by Gasteiger charge is -2.03. The molecule has 78 valence electrons. The maximum atomic E-state index is 3.45. The van der Waals surface area contributed by atoms with Crippen molar-refractivity contribution in [3.05, 3.63) is 41.3 Å². The largest absolute Gasteiger partial charge is 0.143 e. The zero-order valence-corrected chi connectivity index (χ0v) is 11.1. The van der Waals surface area contributed by atoms with Crippen molar-refractivity contribution in [1.29, 1.82) is 0 Å². The summed E-state index contributed by atoms with van der Waals surface area (Å²) in [5.74, 6) is 0. The van der Waals surface area contributed by atoms with Gasteiger partial charge in [-0.15, -0.1) is 11.3 Å². The minimum atomic E-state index is 1.03. The Morgan fingerprint density at radius 1 is 1.40 bits per heavy atom. The van der Waals surface area contributed by atoms with Gasteiger partial charge in [0, 0.05) is 10.0 Å². The monoisotopic (exact) mass is 280 g/mol. The van der Waals surface area contributed by atoms with Gasteiger partial charge in [-0.05, 0) is 41.3 Å². The van der Waals surface area contributed by atoms with Crippen molar-refractivity contribution in [2.75, 3.05) is 5.33 Å². The van der Waals surface area contributed by atoms with Crippen LogP contribution >= 0.6 is 27.3 Å². The summed E-state index contributed by atoms with van der Waals surface area (Å²) in [5, 5.41) is 4.54. The lowest BCUT2D eigenvalue weighted by molar-refractivity contribution is 1.26. The van der Waals surface area contributed by atoms with Crippen molar-refractivity contribution in [3.8, 4) is 0 Å². The second-order valence-electron chi connectivity index (χ2n) is 3.51. The predicted octanol–water partition coefficient (Wildman–Crippen LogP) is 5.09. The van der Waals surface area contributed by atoms with Crippen LogP contribution in [0.4, 0.5) is 0 Å². The highest BCUT2D eigenvalue weighted by Gasteiger charge is 2.02. The van der Waals surface area contributed by atoms with Gasteiger partial charge < -0.3 is 0 Å². The van der Waals surface area contributed by atoms with Crippen molar-refractivity contribution in [2.24, 2.45) is 0 Å². The fourth-order valence-electron chi connectivity index (χ4n) is 1.68. The second-order valence-corrected chi connectivity index (χ2v) is 5.22. The summed E-state index contributed by atoms with van der Waals surface area (Å²) >= 11 is 5.27. The van der Waals surface area contributed by atoms with E-state index in [4.69, 9.17) is 0 Å². The number of benzene rings is 1. The van der Waals surface area contributed by atoms with Crippen LogP contribution in [0.25, 0.3) is 15.7 Å². The summed E-state index contributed by atoms with van der Waals surface area (Å²) in [6, 6.07) is 8.70. The molecule has 0 aliphatic carbocycles. The Hall–Kier alpha value is -0.600. The maximum Gasteiger partial charge on any atom is 0.0417 e. The van der Waals surface area contributed by atoms with Gasteiger partial charge in [0.2, 0.25) is 0 Å². The van der Waals surface area contributed by atoms with Crippen LogP contribution in [-0.2, 0) is 0 Å². The van der Waals surface area contributed by atoms with E-state index in [1.54, 1.807) is 0 Å². The van der Waals surface area contributed by atoms with E-state index in [1.807, 2.05) is 11.3 Å². The first-order valence-electron chi connectivity index (χ1n) is 5.02. The van der Waals surface area contributed by atoms with Crippen molar-refractivity contribution in [3.63, 3.8) is 0 Å². The molecule has 0 aliphatic rings. The highest BCUT2D eigenvalue weighted by molar-refractivity contribution is 9.09. The van der Waals surface area contributed by atoms with Crippen LogP contribution in [0.1, 0.15) is 18.9 Å². The molecular weight excluding hydrogens is 268 g/mol. The van der Waals surface area contributed by atoms with Crippen LogP contribution in [0.3, 0.4) is 0 Å². The van der Waals surface area contributed by atoms with E-state index in [0.717, 1.165) is 11.8 Å². The van der Waals surface area contributed by atoms with Crippen molar-refractivity contribution < 1.29 is 0 Å². The molecular formula is C13H13BrS. The van der Waals surface area contributed by atoms with Gasteiger partial charge in [0.1, 0.15) is 0 Å². The smallest absolute Gasteiger partial charge is 0.0417 e. The van der Waals surface area contributed by atoms with E-state index in [1.165, 1.54) is 21.2 Å². The van der Waals surface area contributed by atoms with Crippen molar-refractivity contribution >= 4 is 42.9 Å². The Morgan fingerprint density at radius 3 is 3.07 bits per heavy atom. The molecule has 2 rings (SSSR count). The highest BCUT2D eigenvalue weighted by Crippen LogP contribution is 2.29. The molecule has 0 aliphatic heterocycles. The normalized spacial score (nSPS) is 12.3. The average Bonchev–Trinajstić information content (AvgIpc) is 2.73. The molecule has 0 radical (unpaired) electrons. The standard InChI is InChI=1S/C13H13BrS/c1-10(4-3-8-14)12-6-2-5-11-7-9-15-13(11)12/h2,4-7,9H,3,8H2,1H3/b10-4-. The van der Waals surface area contributed by atoms with Gasteiger partial charge in [0.25, 0.3) is 0 Å². The fourth-order valence-corrected chi connectivity index (χ4v) is 2.89. The summed E-state index contributed by atoms with van der Waals surface area (Å²) in [6.45, 7) is 2.19. The summed E-state index contributed by atoms with van der Waals surface area (Å²) in [5.41, 5.74) is 2.76. The molecule has 0 saturated heterocycles. The van der Waals surface area contributed by atoms with Gasteiger partial charge in [-0.25, -0.2) is 0 Å². The molecule has 0 spiro atoms. The van der Waals surface area contributed by atoms with E-state index in [2.05, 4.69) is 58.6 Å². The molecule has 2 aromatic rings. The maximum absolute atomic E-state index is 3.45. The number of allylic oxidation sites excluding steroid dienone is 2. The molecule has 0 atom stereocenters. The summed E-state index contributed by atoms with van der Waals surface area (Å²) < 4.78 is 1.40. The topological polar surface area (TPSA) is 0 Å². The highest BCUT2D eigenvalue weighted by atomic mass is 79.9. The Labute approximate surface area is 103 Å². The molecule has 0 nitrogen and oxygen atoms in total. The van der Waals surface area contributed by atoms with Crippen LogP contribution in [-0.4, -0.2) is 5.33 Å². The molecule has 1 heterocycles. The molecule has 2 heteroatoms. The van der Waals surface area contributed by atoms with Gasteiger partial charge in [-0.3, -0.25) is 0 Å². The van der Waals surface area contributed by atoms with Crippen LogP contribution in [0, 0.1) is 0 Å². The minimum Gasteiger partial charge on any atom is -0.143 e. The van der Waals surface area contributed by atoms with Crippen molar-refractivity contribution in [1.82, 2.24) is 0 Å². The van der Waals surface area contributed by atoms with E-state index in [0.29, 0.717) is 0 Å². The van der Waals surface area contributed by atoms with E-state index < -0.39 is 0 Å². The third-order valence-electron chi connectivity index (χ3n) is 2.46. The number of alkyl halides is 1. The third-order valence-corrected chi connectivity index (χ3v) is 3.88. The fraction of sp³-hybridized carbons (Fsp3) is 0.231. The molecule has 0 amide bonds. The summed E-state index contributed by atoms with van der Waals surface area (Å²) in [7, 11) is 0. The van der Waals surface area contributed by atoms with Gasteiger partial charge in [-0.1, -0.05) is 40.2 Å². The van der Waals surface area contributed by atoms with E-state index in [9.17, 15) is 0 Å².